The number of rotatable bonds is 7. The zero-order valence-corrected chi connectivity index (χ0v) is 12.1. The third-order valence-corrected chi connectivity index (χ3v) is 4.88. The molecule has 1 N–H and O–H groups in total. The molecular formula is C16H31NO. The molecule has 1 aliphatic carbocycles. The summed E-state index contributed by atoms with van der Waals surface area (Å²) in [6.07, 6.45) is 12.9. The van der Waals surface area contributed by atoms with E-state index < -0.39 is 0 Å². The molecule has 1 atom stereocenters. The van der Waals surface area contributed by atoms with E-state index in [-0.39, 0.29) is 0 Å². The Bertz CT molecular complexity index is 205. The van der Waals surface area contributed by atoms with Crippen LogP contribution < -0.4 is 5.32 Å². The predicted octanol–water partition coefficient (Wildman–Crippen LogP) is 3.75. The Labute approximate surface area is 113 Å². The molecule has 1 saturated heterocycles. The molecule has 2 rings (SSSR count). The van der Waals surface area contributed by atoms with Crippen molar-refractivity contribution in [2.45, 2.75) is 70.8 Å². The first-order chi connectivity index (χ1) is 8.88. The summed E-state index contributed by atoms with van der Waals surface area (Å²) in [5, 5.41) is 3.66. The van der Waals surface area contributed by atoms with Crippen LogP contribution in [0.4, 0.5) is 0 Å². The Kier molecular flexibility index (Phi) is 6.50. The van der Waals surface area contributed by atoms with Crippen molar-refractivity contribution in [3.05, 3.63) is 0 Å². The van der Waals surface area contributed by atoms with Crippen LogP contribution in [0.5, 0.6) is 0 Å². The van der Waals surface area contributed by atoms with Crippen LogP contribution in [-0.2, 0) is 4.74 Å². The molecule has 1 heterocycles. The zero-order chi connectivity index (χ0) is 12.6. The maximum Gasteiger partial charge on any atom is 0.0576 e. The van der Waals surface area contributed by atoms with Gasteiger partial charge in [0.05, 0.1) is 6.10 Å². The molecule has 2 nitrogen and oxygen atoms in total. The first-order valence-electron chi connectivity index (χ1n) is 8.20. The van der Waals surface area contributed by atoms with Gasteiger partial charge in [0.25, 0.3) is 0 Å². The van der Waals surface area contributed by atoms with E-state index in [4.69, 9.17) is 4.74 Å². The lowest BCUT2D eigenvalue weighted by Gasteiger charge is -2.28. The van der Waals surface area contributed by atoms with Crippen LogP contribution in [0.1, 0.15) is 64.7 Å². The fraction of sp³-hybridized carbons (Fsp3) is 1.00. The molecule has 2 heteroatoms. The Morgan fingerprint density at radius 3 is 2.50 bits per heavy atom. The van der Waals surface area contributed by atoms with Crippen LogP contribution in [-0.4, -0.2) is 25.8 Å². The van der Waals surface area contributed by atoms with Gasteiger partial charge >= 0.3 is 0 Å². The molecule has 0 amide bonds. The molecule has 18 heavy (non-hydrogen) atoms. The van der Waals surface area contributed by atoms with E-state index in [0.717, 1.165) is 18.4 Å². The maximum atomic E-state index is 5.65. The van der Waals surface area contributed by atoms with E-state index in [2.05, 4.69) is 12.2 Å². The first kappa shape index (κ1) is 14.3. The van der Waals surface area contributed by atoms with Crippen molar-refractivity contribution in [1.82, 2.24) is 5.32 Å². The van der Waals surface area contributed by atoms with Crippen molar-refractivity contribution in [2.75, 3.05) is 19.7 Å². The predicted molar refractivity (Wildman–Crippen MR) is 76.8 cm³/mol. The second-order valence-corrected chi connectivity index (χ2v) is 6.28. The smallest absolute Gasteiger partial charge is 0.0576 e. The van der Waals surface area contributed by atoms with E-state index >= 15 is 0 Å². The second kappa shape index (κ2) is 8.16. The van der Waals surface area contributed by atoms with Crippen LogP contribution >= 0.6 is 0 Å². The van der Waals surface area contributed by atoms with Crippen LogP contribution in [0.2, 0.25) is 0 Å². The SMILES string of the molecule is CCC1CCC(CNCCCC2CCCO2)CC1. The Hall–Kier alpha value is -0.0800. The van der Waals surface area contributed by atoms with Crippen LogP contribution in [0.25, 0.3) is 0 Å². The standard InChI is InChI=1S/C16H31NO/c1-2-14-7-9-15(10-8-14)13-17-11-3-5-16-6-4-12-18-16/h14-17H,2-13H2,1H3. The molecule has 0 aromatic rings. The van der Waals surface area contributed by atoms with Gasteiger partial charge in [-0.15, -0.1) is 0 Å². The van der Waals surface area contributed by atoms with Crippen molar-refractivity contribution in [3.8, 4) is 0 Å². The molecule has 0 spiro atoms. The van der Waals surface area contributed by atoms with Gasteiger partial charge in [-0.1, -0.05) is 26.2 Å². The molecule has 1 unspecified atom stereocenters. The van der Waals surface area contributed by atoms with Gasteiger partial charge in [-0.05, 0) is 63.5 Å². The lowest BCUT2D eigenvalue weighted by molar-refractivity contribution is 0.102. The van der Waals surface area contributed by atoms with Gasteiger partial charge in [-0.25, -0.2) is 0 Å². The summed E-state index contributed by atoms with van der Waals surface area (Å²) in [5.74, 6) is 1.98. The monoisotopic (exact) mass is 253 g/mol. The molecule has 1 saturated carbocycles. The summed E-state index contributed by atoms with van der Waals surface area (Å²) in [5.41, 5.74) is 0. The van der Waals surface area contributed by atoms with Gasteiger partial charge in [0.15, 0.2) is 0 Å². The second-order valence-electron chi connectivity index (χ2n) is 6.28. The number of ether oxygens (including phenoxy) is 1. The minimum absolute atomic E-state index is 0.576. The van der Waals surface area contributed by atoms with Crippen molar-refractivity contribution in [2.24, 2.45) is 11.8 Å². The third-order valence-electron chi connectivity index (χ3n) is 4.88. The van der Waals surface area contributed by atoms with Gasteiger partial charge in [-0.3, -0.25) is 0 Å². The molecule has 2 aliphatic rings. The molecule has 106 valence electrons. The Morgan fingerprint density at radius 2 is 1.83 bits per heavy atom. The summed E-state index contributed by atoms with van der Waals surface area (Å²) < 4.78 is 5.65. The Morgan fingerprint density at radius 1 is 1.06 bits per heavy atom. The van der Waals surface area contributed by atoms with Crippen molar-refractivity contribution < 1.29 is 4.74 Å². The van der Waals surface area contributed by atoms with Crippen molar-refractivity contribution in [3.63, 3.8) is 0 Å². The topological polar surface area (TPSA) is 21.3 Å². The minimum Gasteiger partial charge on any atom is -0.378 e. The minimum atomic E-state index is 0.576. The molecule has 0 radical (unpaired) electrons. The average molecular weight is 253 g/mol. The van der Waals surface area contributed by atoms with E-state index in [1.807, 2.05) is 0 Å². The number of hydrogen-bond donors (Lipinski definition) is 1. The van der Waals surface area contributed by atoms with Gasteiger partial charge in [0.1, 0.15) is 0 Å². The Balaban J connectivity index is 1.43. The largest absolute Gasteiger partial charge is 0.378 e. The summed E-state index contributed by atoms with van der Waals surface area (Å²) in [4.78, 5) is 0. The molecule has 2 fully saturated rings. The van der Waals surface area contributed by atoms with Gasteiger partial charge in [0, 0.05) is 6.61 Å². The van der Waals surface area contributed by atoms with E-state index in [1.165, 1.54) is 70.9 Å². The molecule has 0 aromatic carbocycles. The summed E-state index contributed by atoms with van der Waals surface area (Å²) >= 11 is 0. The highest BCUT2D eigenvalue weighted by Crippen LogP contribution is 2.30. The fourth-order valence-electron chi connectivity index (χ4n) is 3.48. The molecule has 0 bridgehead atoms. The summed E-state index contributed by atoms with van der Waals surface area (Å²) in [6.45, 7) is 5.78. The van der Waals surface area contributed by atoms with Gasteiger partial charge in [0.2, 0.25) is 0 Å². The van der Waals surface area contributed by atoms with Crippen LogP contribution in [0.3, 0.4) is 0 Å². The highest BCUT2D eigenvalue weighted by molar-refractivity contribution is 4.73. The van der Waals surface area contributed by atoms with Crippen LogP contribution in [0, 0.1) is 11.8 Å². The summed E-state index contributed by atoms with van der Waals surface area (Å²) in [7, 11) is 0. The van der Waals surface area contributed by atoms with E-state index in [0.29, 0.717) is 6.10 Å². The van der Waals surface area contributed by atoms with Crippen molar-refractivity contribution >= 4 is 0 Å². The third kappa shape index (κ3) is 4.89. The average Bonchev–Trinajstić information content (AvgIpc) is 2.92. The fourth-order valence-corrected chi connectivity index (χ4v) is 3.48. The molecular weight excluding hydrogens is 222 g/mol. The summed E-state index contributed by atoms with van der Waals surface area (Å²) in [6, 6.07) is 0. The van der Waals surface area contributed by atoms with Gasteiger partial charge in [-0.2, -0.15) is 0 Å². The molecule has 0 aromatic heterocycles. The van der Waals surface area contributed by atoms with E-state index in [1.54, 1.807) is 0 Å². The zero-order valence-electron chi connectivity index (χ0n) is 12.1. The number of nitrogens with one attached hydrogen (secondary N) is 1. The van der Waals surface area contributed by atoms with Crippen LogP contribution in [0.15, 0.2) is 0 Å². The molecule has 1 aliphatic heterocycles. The first-order valence-corrected chi connectivity index (χ1v) is 8.20. The lowest BCUT2D eigenvalue weighted by Crippen LogP contribution is -2.27. The highest BCUT2D eigenvalue weighted by Gasteiger charge is 2.19. The quantitative estimate of drug-likeness (QED) is 0.698. The van der Waals surface area contributed by atoms with Crippen molar-refractivity contribution in [1.29, 1.82) is 0 Å². The normalized spacial score (nSPS) is 32.8. The maximum absolute atomic E-state index is 5.65. The highest BCUT2D eigenvalue weighted by atomic mass is 16.5. The van der Waals surface area contributed by atoms with Gasteiger partial charge < -0.3 is 10.1 Å². The van der Waals surface area contributed by atoms with E-state index in [9.17, 15) is 0 Å². The lowest BCUT2D eigenvalue weighted by atomic mass is 9.81. The number of hydrogen-bond acceptors (Lipinski definition) is 2.